The van der Waals surface area contributed by atoms with Crippen LogP contribution in [0.15, 0.2) is 48.5 Å². The van der Waals surface area contributed by atoms with Gasteiger partial charge in [0.05, 0.1) is 11.5 Å². The van der Waals surface area contributed by atoms with E-state index in [4.69, 9.17) is 0 Å². The maximum absolute atomic E-state index is 13.2. The summed E-state index contributed by atoms with van der Waals surface area (Å²) in [4.78, 5) is 0. The molecule has 0 atom stereocenters. The van der Waals surface area contributed by atoms with Crippen molar-refractivity contribution < 1.29 is 8.78 Å². The lowest BCUT2D eigenvalue weighted by Crippen LogP contribution is -2.47. The minimum Gasteiger partial charge on any atom is -0.382 e. The van der Waals surface area contributed by atoms with Crippen LogP contribution in [-0.2, 0) is 5.41 Å². The molecule has 0 saturated heterocycles. The second kappa shape index (κ2) is 5.17. The van der Waals surface area contributed by atoms with Crippen molar-refractivity contribution in [3.8, 4) is 6.07 Å². The van der Waals surface area contributed by atoms with Crippen LogP contribution in [0.4, 0.5) is 14.5 Å². The molecular weight excluding hydrogens is 270 g/mol. The third-order valence-corrected chi connectivity index (χ3v) is 3.96. The lowest BCUT2D eigenvalue weighted by atomic mass is 9.62. The van der Waals surface area contributed by atoms with Crippen LogP contribution in [0.3, 0.4) is 0 Å². The van der Waals surface area contributed by atoms with E-state index in [1.165, 1.54) is 12.1 Å². The summed E-state index contributed by atoms with van der Waals surface area (Å²) in [5.74, 6) is -1.21. The maximum atomic E-state index is 13.2. The van der Waals surface area contributed by atoms with E-state index in [9.17, 15) is 14.0 Å². The molecule has 0 aromatic heterocycles. The standard InChI is InChI=1S/C17H14F2N2/c18-13-6-14(19)8-15(7-13)21-16-9-17(10-16,11-20)12-4-2-1-3-5-12/h1-8,16,21H,9-10H2. The first-order valence-electron chi connectivity index (χ1n) is 6.81. The number of rotatable bonds is 3. The first-order chi connectivity index (χ1) is 10.1. The van der Waals surface area contributed by atoms with Gasteiger partial charge >= 0.3 is 0 Å². The van der Waals surface area contributed by atoms with E-state index in [2.05, 4.69) is 11.4 Å². The molecule has 2 aromatic rings. The van der Waals surface area contributed by atoms with Gasteiger partial charge in [-0.1, -0.05) is 30.3 Å². The van der Waals surface area contributed by atoms with Crippen molar-refractivity contribution >= 4 is 5.69 Å². The van der Waals surface area contributed by atoms with Crippen molar-refractivity contribution in [1.82, 2.24) is 0 Å². The highest BCUT2D eigenvalue weighted by molar-refractivity contribution is 5.48. The Labute approximate surface area is 122 Å². The average molecular weight is 284 g/mol. The van der Waals surface area contributed by atoms with Gasteiger partial charge in [0.25, 0.3) is 0 Å². The van der Waals surface area contributed by atoms with Crippen LogP contribution < -0.4 is 5.32 Å². The van der Waals surface area contributed by atoms with Gasteiger partial charge in [-0.15, -0.1) is 0 Å². The molecule has 0 heterocycles. The molecule has 1 aliphatic carbocycles. The first kappa shape index (κ1) is 13.6. The fraction of sp³-hybridized carbons (Fsp3) is 0.235. The number of benzene rings is 2. The highest BCUT2D eigenvalue weighted by Crippen LogP contribution is 2.44. The molecule has 1 aliphatic rings. The summed E-state index contributed by atoms with van der Waals surface area (Å²) in [6.07, 6.45) is 1.26. The Morgan fingerprint density at radius 1 is 1.05 bits per heavy atom. The topological polar surface area (TPSA) is 35.8 Å². The predicted molar refractivity (Wildman–Crippen MR) is 76.7 cm³/mol. The molecule has 106 valence electrons. The molecule has 2 aromatic carbocycles. The average Bonchev–Trinajstić information content (AvgIpc) is 2.42. The van der Waals surface area contributed by atoms with Gasteiger partial charge in [-0.25, -0.2) is 8.78 Å². The summed E-state index contributed by atoms with van der Waals surface area (Å²) in [6, 6.07) is 15.4. The summed E-state index contributed by atoms with van der Waals surface area (Å²) in [6.45, 7) is 0. The van der Waals surface area contributed by atoms with Gasteiger partial charge in [-0.05, 0) is 30.5 Å². The van der Waals surface area contributed by atoms with Crippen molar-refractivity contribution in [2.24, 2.45) is 0 Å². The quantitative estimate of drug-likeness (QED) is 0.924. The zero-order valence-electron chi connectivity index (χ0n) is 11.3. The van der Waals surface area contributed by atoms with E-state index < -0.39 is 17.0 Å². The van der Waals surface area contributed by atoms with Gasteiger partial charge in [0.15, 0.2) is 0 Å². The molecule has 3 rings (SSSR count). The molecule has 4 heteroatoms. The number of hydrogen-bond donors (Lipinski definition) is 1. The third-order valence-electron chi connectivity index (χ3n) is 3.96. The molecule has 0 bridgehead atoms. The molecular formula is C17H14F2N2. The molecule has 0 unspecified atom stereocenters. The molecule has 1 fully saturated rings. The van der Waals surface area contributed by atoms with E-state index in [1.54, 1.807) is 0 Å². The van der Waals surface area contributed by atoms with E-state index >= 15 is 0 Å². The Morgan fingerprint density at radius 3 is 2.24 bits per heavy atom. The zero-order chi connectivity index (χ0) is 14.9. The fourth-order valence-corrected chi connectivity index (χ4v) is 2.91. The number of halogens is 2. The first-order valence-corrected chi connectivity index (χ1v) is 6.81. The largest absolute Gasteiger partial charge is 0.382 e. The molecule has 0 radical (unpaired) electrons. The summed E-state index contributed by atoms with van der Waals surface area (Å²) in [7, 11) is 0. The Balaban J connectivity index is 1.71. The van der Waals surface area contributed by atoms with Crippen LogP contribution in [0.25, 0.3) is 0 Å². The maximum Gasteiger partial charge on any atom is 0.128 e. The van der Waals surface area contributed by atoms with Crippen LogP contribution >= 0.6 is 0 Å². The van der Waals surface area contributed by atoms with Crippen molar-refractivity contribution in [3.63, 3.8) is 0 Å². The lowest BCUT2D eigenvalue weighted by molar-refractivity contribution is 0.289. The van der Waals surface area contributed by atoms with E-state index in [0.29, 0.717) is 18.5 Å². The minimum absolute atomic E-state index is 0.0473. The molecule has 1 saturated carbocycles. The molecule has 0 aliphatic heterocycles. The molecule has 0 amide bonds. The fourth-order valence-electron chi connectivity index (χ4n) is 2.91. The number of anilines is 1. The Kier molecular flexibility index (Phi) is 3.34. The van der Waals surface area contributed by atoms with Crippen LogP contribution in [0, 0.1) is 23.0 Å². The van der Waals surface area contributed by atoms with Crippen molar-refractivity contribution in [2.75, 3.05) is 5.32 Å². The summed E-state index contributed by atoms with van der Waals surface area (Å²) in [5, 5.41) is 12.6. The van der Waals surface area contributed by atoms with Crippen LogP contribution in [-0.4, -0.2) is 6.04 Å². The highest BCUT2D eigenvalue weighted by Gasteiger charge is 2.46. The normalized spacial score (nSPS) is 24.0. The minimum atomic E-state index is -0.605. The van der Waals surface area contributed by atoms with Gasteiger partial charge in [-0.3, -0.25) is 0 Å². The second-order valence-corrected chi connectivity index (χ2v) is 5.47. The predicted octanol–water partition coefficient (Wildman–Crippen LogP) is 4.00. The van der Waals surface area contributed by atoms with Gasteiger partial charge in [0.2, 0.25) is 0 Å². The third kappa shape index (κ3) is 2.59. The van der Waals surface area contributed by atoms with Crippen molar-refractivity contribution in [3.05, 3.63) is 65.7 Å². The lowest BCUT2D eigenvalue weighted by Gasteiger charge is -2.43. The summed E-state index contributed by atoms with van der Waals surface area (Å²) < 4.78 is 26.3. The number of nitriles is 1. The Bertz CT molecular complexity index is 665. The highest BCUT2D eigenvalue weighted by atomic mass is 19.1. The molecule has 2 nitrogen and oxygen atoms in total. The van der Waals surface area contributed by atoms with Crippen LogP contribution in [0.5, 0.6) is 0 Å². The summed E-state index contributed by atoms with van der Waals surface area (Å²) in [5.41, 5.74) is 0.915. The monoisotopic (exact) mass is 284 g/mol. The van der Waals surface area contributed by atoms with Crippen LogP contribution in [0.1, 0.15) is 18.4 Å². The Hall–Kier alpha value is -2.41. The van der Waals surface area contributed by atoms with Crippen molar-refractivity contribution in [2.45, 2.75) is 24.3 Å². The van der Waals surface area contributed by atoms with E-state index in [1.807, 2.05) is 30.3 Å². The number of hydrogen-bond acceptors (Lipinski definition) is 2. The van der Waals surface area contributed by atoms with Crippen molar-refractivity contribution in [1.29, 1.82) is 5.26 Å². The number of nitrogens with one attached hydrogen (secondary N) is 1. The van der Waals surface area contributed by atoms with Gasteiger partial charge in [-0.2, -0.15) is 5.26 Å². The molecule has 0 spiro atoms. The van der Waals surface area contributed by atoms with E-state index in [-0.39, 0.29) is 6.04 Å². The SMILES string of the molecule is N#CC1(c2ccccc2)CC(Nc2cc(F)cc(F)c2)C1. The van der Waals surface area contributed by atoms with E-state index in [0.717, 1.165) is 11.6 Å². The molecule has 21 heavy (non-hydrogen) atoms. The second-order valence-electron chi connectivity index (χ2n) is 5.47. The summed E-state index contributed by atoms with van der Waals surface area (Å²) >= 11 is 0. The van der Waals surface area contributed by atoms with Gasteiger partial charge in [0, 0.05) is 17.8 Å². The van der Waals surface area contributed by atoms with Crippen LogP contribution in [0.2, 0.25) is 0 Å². The molecule has 1 N–H and O–H groups in total. The smallest absolute Gasteiger partial charge is 0.128 e. The zero-order valence-corrected chi connectivity index (χ0v) is 11.3. The Morgan fingerprint density at radius 2 is 1.67 bits per heavy atom. The number of nitrogens with zero attached hydrogens (tertiary/aromatic N) is 1. The van der Waals surface area contributed by atoms with Gasteiger partial charge in [0.1, 0.15) is 11.6 Å². The van der Waals surface area contributed by atoms with Gasteiger partial charge < -0.3 is 5.32 Å².